The lowest BCUT2D eigenvalue weighted by atomic mass is 10.2. The second-order valence-corrected chi connectivity index (χ2v) is 3.33. The SMILES string of the molecule is CCNC(=O)CNCc1cc(F)cc(F)c1. The lowest BCUT2D eigenvalue weighted by Gasteiger charge is -2.05. The standard InChI is InChI=1S/C11H14F2N2O/c1-2-15-11(16)7-14-6-8-3-9(12)5-10(13)4-8/h3-5,14H,2,6-7H2,1H3,(H,15,16). The fraction of sp³-hybridized carbons (Fsp3) is 0.364. The average molecular weight is 228 g/mol. The van der Waals surface area contributed by atoms with Gasteiger partial charge in [-0.1, -0.05) is 0 Å². The molecular formula is C11H14F2N2O. The first-order valence-corrected chi connectivity index (χ1v) is 5.04. The maximum Gasteiger partial charge on any atom is 0.233 e. The molecule has 3 nitrogen and oxygen atoms in total. The first kappa shape index (κ1) is 12.6. The van der Waals surface area contributed by atoms with E-state index in [-0.39, 0.29) is 19.0 Å². The molecule has 0 spiro atoms. The van der Waals surface area contributed by atoms with E-state index in [0.29, 0.717) is 12.1 Å². The molecule has 0 heterocycles. The Kier molecular flexibility index (Phi) is 4.85. The Morgan fingerprint density at radius 1 is 1.25 bits per heavy atom. The van der Waals surface area contributed by atoms with Gasteiger partial charge in [0, 0.05) is 19.2 Å². The van der Waals surface area contributed by atoms with Crippen LogP contribution in [0.5, 0.6) is 0 Å². The number of hydrogen-bond donors (Lipinski definition) is 2. The first-order chi connectivity index (χ1) is 7.61. The molecule has 1 amide bonds. The number of hydrogen-bond acceptors (Lipinski definition) is 2. The third-order valence-corrected chi connectivity index (χ3v) is 1.91. The van der Waals surface area contributed by atoms with Gasteiger partial charge in [0.25, 0.3) is 0 Å². The number of amides is 1. The molecule has 0 atom stereocenters. The Bertz CT molecular complexity index is 349. The monoisotopic (exact) mass is 228 g/mol. The van der Waals surface area contributed by atoms with Crippen LogP contribution in [0.1, 0.15) is 12.5 Å². The molecule has 1 aromatic rings. The number of halogens is 2. The molecule has 16 heavy (non-hydrogen) atoms. The molecule has 0 aromatic heterocycles. The van der Waals surface area contributed by atoms with Crippen molar-refractivity contribution in [2.75, 3.05) is 13.1 Å². The van der Waals surface area contributed by atoms with Crippen molar-refractivity contribution >= 4 is 5.91 Å². The van der Waals surface area contributed by atoms with Crippen LogP contribution in [0.15, 0.2) is 18.2 Å². The second-order valence-electron chi connectivity index (χ2n) is 3.33. The summed E-state index contributed by atoms with van der Waals surface area (Å²) in [5.41, 5.74) is 0.474. The number of carbonyl (C=O) groups is 1. The molecule has 0 saturated heterocycles. The minimum absolute atomic E-state index is 0.131. The van der Waals surface area contributed by atoms with Crippen molar-refractivity contribution in [1.29, 1.82) is 0 Å². The van der Waals surface area contributed by atoms with Gasteiger partial charge in [-0.15, -0.1) is 0 Å². The van der Waals surface area contributed by atoms with E-state index in [0.717, 1.165) is 6.07 Å². The predicted octanol–water partition coefficient (Wildman–Crippen LogP) is 1.19. The van der Waals surface area contributed by atoms with Crippen LogP contribution in [0, 0.1) is 11.6 Å². The largest absolute Gasteiger partial charge is 0.355 e. The van der Waals surface area contributed by atoms with Crippen molar-refractivity contribution in [2.24, 2.45) is 0 Å². The van der Waals surface area contributed by atoms with Crippen LogP contribution < -0.4 is 10.6 Å². The van der Waals surface area contributed by atoms with Gasteiger partial charge in [-0.3, -0.25) is 4.79 Å². The van der Waals surface area contributed by atoms with Crippen molar-refractivity contribution in [2.45, 2.75) is 13.5 Å². The molecule has 1 rings (SSSR count). The van der Waals surface area contributed by atoms with Crippen LogP contribution in [0.4, 0.5) is 8.78 Å². The molecule has 0 aliphatic rings. The van der Waals surface area contributed by atoms with E-state index in [1.165, 1.54) is 12.1 Å². The second kappa shape index (κ2) is 6.17. The molecular weight excluding hydrogens is 214 g/mol. The highest BCUT2D eigenvalue weighted by Crippen LogP contribution is 2.07. The fourth-order valence-electron chi connectivity index (χ4n) is 1.29. The average Bonchev–Trinajstić information content (AvgIpc) is 2.16. The van der Waals surface area contributed by atoms with Crippen LogP contribution in [-0.2, 0) is 11.3 Å². The molecule has 88 valence electrons. The molecule has 0 unspecified atom stereocenters. The zero-order valence-corrected chi connectivity index (χ0v) is 9.02. The molecule has 0 radical (unpaired) electrons. The Hall–Kier alpha value is -1.49. The molecule has 5 heteroatoms. The Balaban J connectivity index is 2.40. The summed E-state index contributed by atoms with van der Waals surface area (Å²) in [6.07, 6.45) is 0. The summed E-state index contributed by atoms with van der Waals surface area (Å²) in [7, 11) is 0. The van der Waals surface area contributed by atoms with Crippen molar-refractivity contribution in [3.63, 3.8) is 0 Å². The highest BCUT2D eigenvalue weighted by molar-refractivity contribution is 5.77. The normalized spacial score (nSPS) is 10.2. The van der Waals surface area contributed by atoms with Crippen LogP contribution in [-0.4, -0.2) is 19.0 Å². The zero-order chi connectivity index (χ0) is 12.0. The van der Waals surface area contributed by atoms with Crippen molar-refractivity contribution < 1.29 is 13.6 Å². The summed E-state index contributed by atoms with van der Waals surface area (Å²) < 4.78 is 25.6. The van der Waals surface area contributed by atoms with Crippen molar-refractivity contribution in [3.05, 3.63) is 35.4 Å². The van der Waals surface area contributed by atoms with E-state index in [4.69, 9.17) is 0 Å². The number of likely N-dealkylation sites (N-methyl/N-ethyl adjacent to an activating group) is 1. The third-order valence-electron chi connectivity index (χ3n) is 1.91. The molecule has 2 N–H and O–H groups in total. The van der Waals surface area contributed by atoms with E-state index in [1.807, 2.05) is 6.92 Å². The number of benzene rings is 1. The van der Waals surface area contributed by atoms with Crippen molar-refractivity contribution in [3.8, 4) is 0 Å². The maximum atomic E-state index is 12.8. The lowest BCUT2D eigenvalue weighted by Crippen LogP contribution is -2.33. The van der Waals surface area contributed by atoms with E-state index >= 15 is 0 Å². The topological polar surface area (TPSA) is 41.1 Å². The van der Waals surface area contributed by atoms with Gasteiger partial charge < -0.3 is 10.6 Å². The Labute approximate surface area is 92.8 Å². The van der Waals surface area contributed by atoms with Gasteiger partial charge in [0.05, 0.1) is 6.54 Å². The molecule has 0 bridgehead atoms. The van der Waals surface area contributed by atoms with E-state index in [1.54, 1.807) is 0 Å². The van der Waals surface area contributed by atoms with Crippen LogP contribution in [0.3, 0.4) is 0 Å². The maximum absolute atomic E-state index is 12.8. The van der Waals surface area contributed by atoms with Gasteiger partial charge in [0.2, 0.25) is 5.91 Å². The smallest absolute Gasteiger partial charge is 0.233 e. The minimum atomic E-state index is -0.616. The fourth-order valence-corrected chi connectivity index (χ4v) is 1.29. The van der Waals surface area contributed by atoms with Gasteiger partial charge in [0.15, 0.2) is 0 Å². The number of carbonyl (C=O) groups excluding carboxylic acids is 1. The zero-order valence-electron chi connectivity index (χ0n) is 9.02. The summed E-state index contributed by atoms with van der Waals surface area (Å²) in [6.45, 7) is 2.77. The highest BCUT2D eigenvalue weighted by atomic mass is 19.1. The van der Waals surface area contributed by atoms with E-state index in [9.17, 15) is 13.6 Å². The van der Waals surface area contributed by atoms with Gasteiger partial charge >= 0.3 is 0 Å². The summed E-state index contributed by atoms with van der Waals surface area (Å²) in [6, 6.07) is 3.27. The summed E-state index contributed by atoms with van der Waals surface area (Å²) in [5.74, 6) is -1.37. The summed E-state index contributed by atoms with van der Waals surface area (Å²) >= 11 is 0. The highest BCUT2D eigenvalue weighted by Gasteiger charge is 2.02. The number of rotatable bonds is 5. The van der Waals surface area contributed by atoms with E-state index in [2.05, 4.69) is 10.6 Å². The molecule has 0 fully saturated rings. The van der Waals surface area contributed by atoms with Crippen LogP contribution in [0.2, 0.25) is 0 Å². The van der Waals surface area contributed by atoms with Gasteiger partial charge in [-0.25, -0.2) is 8.78 Å². The minimum Gasteiger partial charge on any atom is -0.355 e. The van der Waals surface area contributed by atoms with Gasteiger partial charge in [0.1, 0.15) is 11.6 Å². The van der Waals surface area contributed by atoms with Gasteiger partial charge in [-0.05, 0) is 24.6 Å². The Morgan fingerprint density at radius 3 is 2.44 bits per heavy atom. The molecule has 0 aliphatic heterocycles. The summed E-state index contributed by atoms with van der Waals surface area (Å²) in [4.78, 5) is 11.0. The first-order valence-electron chi connectivity index (χ1n) is 5.04. The van der Waals surface area contributed by atoms with E-state index < -0.39 is 11.6 Å². The molecule has 0 saturated carbocycles. The Morgan fingerprint density at radius 2 is 1.88 bits per heavy atom. The number of nitrogens with one attached hydrogen (secondary N) is 2. The molecule has 1 aromatic carbocycles. The van der Waals surface area contributed by atoms with Crippen LogP contribution >= 0.6 is 0 Å². The van der Waals surface area contributed by atoms with Crippen LogP contribution in [0.25, 0.3) is 0 Å². The predicted molar refractivity (Wildman–Crippen MR) is 56.7 cm³/mol. The van der Waals surface area contributed by atoms with Crippen molar-refractivity contribution in [1.82, 2.24) is 10.6 Å². The van der Waals surface area contributed by atoms with Gasteiger partial charge in [-0.2, -0.15) is 0 Å². The molecule has 0 aliphatic carbocycles. The summed E-state index contributed by atoms with van der Waals surface area (Å²) in [5, 5.41) is 5.40. The lowest BCUT2D eigenvalue weighted by molar-refractivity contribution is -0.120. The quantitative estimate of drug-likeness (QED) is 0.794. The third kappa shape index (κ3) is 4.35.